The van der Waals surface area contributed by atoms with E-state index >= 15 is 0 Å². The lowest BCUT2D eigenvalue weighted by Gasteiger charge is -1.97. The van der Waals surface area contributed by atoms with Gasteiger partial charge in [-0.1, -0.05) is 24.3 Å². The van der Waals surface area contributed by atoms with Gasteiger partial charge in [-0.25, -0.2) is 9.37 Å². The maximum Gasteiger partial charge on any atom is 0.124 e. The van der Waals surface area contributed by atoms with Gasteiger partial charge in [0.15, 0.2) is 0 Å². The summed E-state index contributed by atoms with van der Waals surface area (Å²) in [6.07, 6.45) is 0. The van der Waals surface area contributed by atoms with Gasteiger partial charge in [-0.15, -0.1) is 11.3 Å². The van der Waals surface area contributed by atoms with E-state index in [0.29, 0.717) is 5.56 Å². The maximum atomic E-state index is 13.2. The van der Waals surface area contributed by atoms with Crippen molar-refractivity contribution in [1.82, 2.24) is 4.98 Å². The lowest BCUT2D eigenvalue weighted by atomic mass is 10.1. The molecule has 0 fully saturated rings. The molecule has 4 heteroatoms. The van der Waals surface area contributed by atoms with Gasteiger partial charge in [-0.05, 0) is 24.3 Å². The predicted octanol–water partition coefficient (Wildman–Crippen LogP) is 4.49. The average molecular weight is 280 g/mol. The van der Waals surface area contributed by atoms with Crippen molar-refractivity contribution in [2.75, 3.05) is 0 Å². The van der Waals surface area contributed by atoms with Crippen LogP contribution in [0.5, 0.6) is 0 Å². The molecule has 3 aromatic rings. The fourth-order valence-electron chi connectivity index (χ4n) is 1.88. The van der Waals surface area contributed by atoms with E-state index in [-0.39, 0.29) is 5.82 Å². The topological polar surface area (TPSA) is 36.7 Å². The summed E-state index contributed by atoms with van der Waals surface area (Å²) in [4.78, 5) is 4.52. The van der Waals surface area contributed by atoms with Gasteiger partial charge in [0.1, 0.15) is 10.8 Å². The van der Waals surface area contributed by atoms with Gasteiger partial charge in [0.2, 0.25) is 0 Å². The Bertz CT molecular complexity index is 785. The first kappa shape index (κ1) is 12.5. The van der Waals surface area contributed by atoms with E-state index in [1.165, 1.54) is 23.5 Å². The number of nitriles is 1. The Balaban J connectivity index is 1.95. The Morgan fingerprint density at radius 2 is 1.85 bits per heavy atom. The van der Waals surface area contributed by atoms with Crippen LogP contribution in [0, 0.1) is 17.1 Å². The van der Waals surface area contributed by atoms with Crippen LogP contribution in [0.4, 0.5) is 4.39 Å². The molecule has 20 heavy (non-hydrogen) atoms. The van der Waals surface area contributed by atoms with Crippen LogP contribution in [0.2, 0.25) is 0 Å². The van der Waals surface area contributed by atoms with Crippen LogP contribution in [-0.2, 0) is 0 Å². The molecule has 2 nitrogen and oxygen atoms in total. The second-order valence-electron chi connectivity index (χ2n) is 4.24. The molecule has 0 spiro atoms. The number of halogens is 1. The van der Waals surface area contributed by atoms with Crippen molar-refractivity contribution in [3.63, 3.8) is 0 Å². The van der Waals surface area contributed by atoms with Crippen LogP contribution in [0.1, 0.15) is 5.56 Å². The summed E-state index contributed by atoms with van der Waals surface area (Å²) in [5.74, 6) is -0.266. The quantitative estimate of drug-likeness (QED) is 0.693. The Morgan fingerprint density at radius 1 is 1.05 bits per heavy atom. The molecule has 0 bridgehead atoms. The van der Waals surface area contributed by atoms with Gasteiger partial charge in [0.25, 0.3) is 0 Å². The molecule has 0 saturated carbocycles. The molecule has 0 radical (unpaired) electrons. The molecule has 0 unspecified atom stereocenters. The Labute approximate surface area is 119 Å². The van der Waals surface area contributed by atoms with E-state index in [9.17, 15) is 4.39 Å². The summed E-state index contributed by atoms with van der Waals surface area (Å²) >= 11 is 1.47. The first-order valence-electron chi connectivity index (χ1n) is 5.98. The third kappa shape index (κ3) is 2.44. The highest BCUT2D eigenvalue weighted by Crippen LogP contribution is 2.29. The molecule has 0 aliphatic carbocycles. The van der Waals surface area contributed by atoms with Gasteiger partial charge in [-0.3, -0.25) is 0 Å². The second kappa shape index (κ2) is 5.24. The second-order valence-corrected chi connectivity index (χ2v) is 5.10. The first-order valence-corrected chi connectivity index (χ1v) is 6.86. The molecule has 0 N–H and O–H groups in total. The fraction of sp³-hybridized carbons (Fsp3) is 0. The summed E-state index contributed by atoms with van der Waals surface area (Å²) in [5.41, 5.74) is 3.17. The monoisotopic (exact) mass is 280 g/mol. The van der Waals surface area contributed by atoms with Crippen molar-refractivity contribution in [3.05, 3.63) is 65.3 Å². The fourth-order valence-corrected chi connectivity index (χ4v) is 2.70. The van der Waals surface area contributed by atoms with E-state index in [1.807, 2.05) is 23.6 Å². The third-order valence-corrected chi connectivity index (χ3v) is 3.78. The molecule has 0 saturated heterocycles. The third-order valence-electron chi connectivity index (χ3n) is 2.89. The highest BCUT2D eigenvalue weighted by molar-refractivity contribution is 7.13. The lowest BCUT2D eigenvalue weighted by molar-refractivity contribution is 0.628. The number of nitrogens with zero attached hydrogens (tertiary/aromatic N) is 2. The van der Waals surface area contributed by atoms with E-state index in [2.05, 4.69) is 11.1 Å². The summed E-state index contributed by atoms with van der Waals surface area (Å²) in [7, 11) is 0. The predicted molar refractivity (Wildman–Crippen MR) is 77.7 cm³/mol. The number of benzene rings is 2. The highest BCUT2D eigenvalue weighted by atomic mass is 32.1. The van der Waals surface area contributed by atoms with Crippen LogP contribution in [0.3, 0.4) is 0 Å². The molecule has 0 atom stereocenters. The normalized spacial score (nSPS) is 10.2. The SMILES string of the molecule is N#Cc1ccc(-c2csc(-c3cccc(F)c3)n2)cc1. The minimum absolute atomic E-state index is 0.266. The number of hydrogen-bond donors (Lipinski definition) is 0. The maximum absolute atomic E-state index is 13.2. The zero-order valence-corrected chi connectivity index (χ0v) is 11.2. The lowest BCUT2D eigenvalue weighted by Crippen LogP contribution is -1.81. The van der Waals surface area contributed by atoms with Crippen LogP contribution in [-0.4, -0.2) is 4.98 Å². The van der Waals surface area contributed by atoms with E-state index in [4.69, 9.17) is 5.26 Å². The first-order chi connectivity index (χ1) is 9.76. The van der Waals surface area contributed by atoms with Crippen molar-refractivity contribution < 1.29 is 4.39 Å². The van der Waals surface area contributed by atoms with Crippen molar-refractivity contribution in [2.24, 2.45) is 0 Å². The standard InChI is InChI=1S/C16H9FN2S/c17-14-3-1-2-13(8-14)16-19-15(10-20-16)12-6-4-11(9-18)5-7-12/h1-8,10H. The zero-order chi connectivity index (χ0) is 13.9. The largest absolute Gasteiger partial charge is 0.236 e. The number of aromatic nitrogens is 1. The Kier molecular flexibility index (Phi) is 3.28. The molecule has 0 amide bonds. The van der Waals surface area contributed by atoms with E-state index in [0.717, 1.165) is 21.8 Å². The molecule has 96 valence electrons. The van der Waals surface area contributed by atoms with Gasteiger partial charge in [-0.2, -0.15) is 5.26 Å². The van der Waals surface area contributed by atoms with Crippen LogP contribution >= 0.6 is 11.3 Å². The van der Waals surface area contributed by atoms with E-state index in [1.54, 1.807) is 18.2 Å². The van der Waals surface area contributed by atoms with Crippen molar-refractivity contribution in [1.29, 1.82) is 5.26 Å². The minimum atomic E-state index is -0.266. The van der Waals surface area contributed by atoms with E-state index < -0.39 is 0 Å². The molecular weight excluding hydrogens is 271 g/mol. The highest BCUT2D eigenvalue weighted by Gasteiger charge is 2.07. The molecule has 2 aromatic carbocycles. The minimum Gasteiger partial charge on any atom is -0.236 e. The summed E-state index contributed by atoms with van der Waals surface area (Å²) in [5, 5.41) is 11.5. The average Bonchev–Trinajstić information content (AvgIpc) is 2.97. The molecule has 3 rings (SSSR count). The van der Waals surface area contributed by atoms with Gasteiger partial charge in [0, 0.05) is 16.5 Å². The molecule has 1 heterocycles. The van der Waals surface area contributed by atoms with Crippen LogP contribution < -0.4 is 0 Å². The van der Waals surface area contributed by atoms with Crippen molar-refractivity contribution in [3.8, 4) is 27.9 Å². The zero-order valence-electron chi connectivity index (χ0n) is 10.4. The molecule has 1 aromatic heterocycles. The number of thiazole rings is 1. The van der Waals surface area contributed by atoms with Gasteiger partial charge in [0.05, 0.1) is 17.3 Å². The number of hydrogen-bond acceptors (Lipinski definition) is 3. The number of rotatable bonds is 2. The van der Waals surface area contributed by atoms with Gasteiger partial charge >= 0.3 is 0 Å². The van der Waals surface area contributed by atoms with Crippen LogP contribution in [0.25, 0.3) is 21.8 Å². The molecule has 0 aliphatic heterocycles. The van der Waals surface area contributed by atoms with Crippen molar-refractivity contribution >= 4 is 11.3 Å². The van der Waals surface area contributed by atoms with Crippen molar-refractivity contribution in [2.45, 2.75) is 0 Å². The molecular formula is C16H9FN2S. The molecule has 0 aliphatic rings. The van der Waals surface area contributed by atoms with Crippen LogP contribution in [0.15, 0.2) is 53.9 Å². The summed E-state index contributed by atoms with van der Waals surface area (Å²) in [6.45, 7) is 0. The smallest absolute Gasteiger partial charge is 0.124 e. The van der Waals surface area contributed by atoms with Gasteiger partial charge < -0.3 is 0 Å². The Morgan fingerprint density at radius 3 is 2.55 bits per heavy atom. The summed E-state index contributed by atoms with van der Waals surface area (Å²) < 4.78 is 13.2. The Hall–Kier alpha value is -2.51. The summed E-state index contributed by atoms with van der Waals surface area (Å²) in [6, 6.07) is 15.7.